The summed E-state index contributed by atoms with van der Waals surface area (Å²) in [6, 6.07) is 0. The van der Waals surface area contributed by atoms with Crippen LogP contribution in [0.15, 0.2) is 0 Å². The fourth-order valence-electron chi connectivity index (χ4n) is 1.55. The molecule has 1 aliphatic rings. The van der Waals surface area contributed by atoms with Crippen molar-refractivity contribution in [2.45, 2.75) is 37.0 Å². The smallest absolute Gasteiger partial charge is 0.0778 e. The molecular weight excluding hydrogens is 276 g/mol. The predicted molar refractivity (Wildman–Crippen MR) is 63.3 cm³/mol. The first-order valence-corrected chi connectivity index (χ1v) is 10.3. The number of hydrogen-bond acceptors (Lipinski definition) is 0. The summed E-state index contributed by atoms with van der Waals surface area (Å²) in [5.74, 6) is 0. The van der Waals surface area contributed by atoms with E-state index in [1.807, 2.05) is 0 Å². The zero-order valence-corrected chi connectivity index (χ0v) is 11.2. The van der Waals surface area contributed by atoms with Crippen LogP contribution >= 0.6 is 58.2 Å². The van der Waals surface area contributed by atoms with Crippen molar-refractivity contribution in [2.75, 3.05) is 0 Å². The molecule has 1 aliphatic carbocycles. The summed E-state index contributed by atoms with van der Waals surface area (Å²) in [5.41, 5.74) is 0.747. The van der Waals surface area contributed by atoms with Crippen LogP contribution in [0.25, 0.3) is 0 Å². The van der Waals surface area contributed by atoms with Crippen LogP contribution < -0.4 is 0 Å². The third kappa shape index (κ3) is 3.30. The normalized spacial score (nSPS) is 31.5. The van der Waals surface area contributed by atoms with Gasteiger partial charge in [-0.05, 0) is 12.8 Å². The van der Waals surface area contributed by atoms with Gasteiger partial charge >= 0.3 is 0 Å². The molecule has 12 heavy (non-hydrogen) atoms. The molecule has 0 bridgehead atoms. The molecule has 0 aromatic heterocycles. The van der Waals surface area contributed by atoms with Crippen LogP contribution in [0.3, 0.4) is 0 Å². The second-order valence-corrected chi connectivity index (χ2v) is 10.7. The van der Waals surface area contributed by atoms with Gasteiger partial charge in [0.15, 0.2) is 0 Å². The van der Waals surface area contributed by atoms with Gasteiger partial charge in [0.1, 0.15) is 0 Å². The van der Waals surface area contributed by atoms with Gasteiger partial charge in [-0.1, -0.05) is 57.8 Å². The molecule has 0 amide bonds. The topological polar surface area (TPSA) is 0 Å². The Morgan fingerprint density at radius 3 is 1.33 bits per heavy atom. The van der Waals surface area contributed by atoms with E-state index < -0.39 is 13.3 Å². The maximum absolute atomic E-state index is 5.92. The minimum absolute atomic E-state index is 0.373. The maximum Gasteiger partial charge on any atom is 0.0893 e. The van der Waals surface area contributed by atoms with Crippen LogP contribution in [0.1, 0.15) is 25.7 Å². The molecule has 2 atom stereocenters. The van der Waals surface area contributed by atoms with Gasteiger partial charge in [0.2, 0.25) is 0 Å². The third-order valence-corrected chi connectivity index (χ3v) is 7.68. The zero-order chi connectivity index (χ0) is 9.14. The number of hydrogen-bond donors (Lipinski definition) is 0. The molecule has 0 N–H and O–H groups in total. The van der Waals surface area contributed by atoms with Crippen LogP contribution in [0.4, 0.5) is 0 Å². The number of rotatable bonds is 2. The standard InChI is InChI=1S/C6H10Cl4P2/c7-11(8)5-3-1-2-4-6(5)12(9)10/h5-6H,1-4H2/t5-,6-/m0/s1. The second-order valence-electron chi connectivity index (χ2n) is 2.94. The highest BCUT2D eigenvalue weighted by Gasteiger charge is 2.34. The summed E-state index contributed by atoms with van der Waals surface area (Å²) in [6.45, 7) is -1.80. The van der Waals surface area contributed by atoms with Gasteiger partial charge in [0.05, 0.1) is 13.3 Å². The van der Waals surface area contributed by atoms with Crippen molar-refractivity contribution in [1.82, 2.24) is 0 Å². The predicted octanol–water partition coefficient (Wildman–Crippen LogP) is 5.88. The Kier molecular flexibility index (Phi) is 5.84. The summed E-state index contributed by atoms with van der Waals surface area (Å²) >= 11 is 23.7. The van der Waals surface area contributed by atoms with Crippen molar-refractivity contribution in [3.8, 4) is 0 Å². The Balaban J connectivity index is 2.54. The lowest BCUT2D eigenvalue weighted by molar-refractivity contribution is 0.524. The molecule has 6 heteroatoms. The van der Waals surface area contributed by atoms with Crippen molar-refractivity contribution in [1.29, 1.82) is 0 Å². The Morgan fingerprint density at radius 2 is 1.08 bits per heavy atom. The molecule has 0 aliphatic heterocycles. The molecule has 0 spiro atoms. The molecule has 1 rings (SSSR count). The molecule has 0 radical (unpaired) electrons. The largest absolute Gasteiger partial charge is 0.0893 e. The van der Waals surface area contributed by atoms with Crippen LogP contribution in [0.2, 0.25) is 0 Å². The summed E-state index contributed by atoms with van der Waals surface area (Å²) < 4.78 is 0. The third-order valence-electron chi connectivity index (χ3n) is 2.20. The molecule has 1 fully saturated rings. The first-order chi connectivity index (χ1) is 5.63. The van der Waals surface area contributed by atoms with E-state index in [2.05, 4.69) is 0 Å². The van der Waals surface area contributed by atoms with E-state index in [4.69, 9.17) is 45.0 Å². The van der Waals surface area contributed by atoms with Gasteiger partial charge in [0, 0.05) is 11.3 Å². The average molecular weight is 286 g/mol. The van der Waals surface area contributed by atoms with E-state index in [1.165, 1.54) is 12.8 Å². The van der Waals surface area contributed by atoms with Crippen molar-refractivity contribution in [3.05, 3.63) is 0 Å². The van der Waals surface area contributed by atoms with E-state index in [0.717, 1.165) is 12.8 Å². The SMILES string of the molecule is ClP(Cl)[C@H]1CCCC[C@@H]1P(Cl)Cl. The molecule has 0 aromatic rings. The summed E-state index contributed by atoms with van der Waals surface area (Å²) in [6.07, 6.45) is 4.63. The first-order valence-electron chi connectivity index (χ1n) is 3.84. The molecule has 0 aromatic carbocycles. The quantitative estimate of drug-likeness (QED) is 0.556. The van der Waals surface area contributed by atoms with E-state index >= 15 is 0 Å². The Labute approximate surface area is 94.9 Å². The number of halogens is 4. The summed E-state index contributed by atoms with van der Waals surface area (Å²) in [5, 5.41) is 0. The van der Waals surface area contributed by atoms with Crippen LogP contribution in [0.5, 0.6) is 0 Å². The first kappa shape index (κ1) is 12.1. The van der Waals surface area contributed by atoms with Crippen LogP contribution in [-0.2, 0) is 0 Å². The molecule has 72 valence electrons. The molecule has 1 saturated carbocycles. The van der Waals surface area contributed by atoms with E-state index in [0.29, 0.717) is 11.3 Å². The van der Waals surface area contributed by atoms with Crippen molar-refractivity contribution < 1.29 is 0 Å². The molecule has 0 nitrogen and oxygen atoms in total. The fourth-order valence-corrected chi connectivity index (χ4v) is 7.67. The second kappa shape index (κ2) is 5.79. The minimum atomic E-state index is -0.899. The van der Waals surface area contributed by atoms with Gasteiger partial charge in [-0.25, -0.2) is 0 Å². The van der Waals surface area contributed by atoms with Gasteiger partial charge in [-0.3, -0.25) is 0 Å². The highest BCUT2D eigenvalue weighted by Crippen LogP contribution is 2.65. The summed E-state index contributed by atoms with van der Waals surface area (Å²) in [7, 11) is 0. The van der Waals surface area contributed by atoms with E-state index in [-0.39, 0.29) is 0 Å². The van der Waals surface area contributed by atoms with Crippen molar-refractivity contribution in [2.24, 2.45) is 0 Å². The maximum atomic E-state index is 5.92. The lowest BCUT2D eigenvalue weighted by Crippen LogP contribution is -2.23. The molecular formula is C6H10Cl4P2. The van der Waals surface area contributed by atoms with Crippen molar-refractivity contribution in [3.63, 3.8) is 0 Å². The highest BCUT2D eigenvalue weighted by molar-refractivity contribution is 8.07. The molecule has 0 unspecified atom stereocenters. The van der Waals surface area contributed by atoms with E-state index in [1.54, 1.807) is 0 Å². The Morgan fingerprint density at radius 1 is 0.750 bits per heavy atom. The lowest BCUT2D eigenvalue weighted by Gasteiger charge is -2.32. The van der Waals surface area contributed by atoms with Crippen LogP contribution in [-0.4, -0.2) is 11.3 Å². The van der Waals surface area contributed by atoms with Crippen molar-refractivity contribution >= 4 is 58.2 Å². The monoisotopic (exact) mass is 284 g/mol. The van der Waals surface area contributed by atoms with Gasteiger partial charge < -0.3 is 0 Å². The lowest BCUT2D eigenvalue weighted by atomic mass is 10.00. The summed E-state index contributed by atoms with van der Waals surface area (Å²) in [4.78, 5) is 0. The fraction of sp³-hybridized carbons (Fsp3) is 1.00. The Hall–Kier alpha value is 2.02. The zero-order valence-electron chi connectivity index (χ0n) is 6.39. The van der Waals surface area contributed by atoms with Gasteiger partial charge in [0.25, 0.3) is 0 Å². The van der Waals surface area contributed by atoms with Crippen LogP contribution in [0, 0.1) is 0 Å². The van der Waals surface area contributed by atoms with Gasteiger partial charge in [-0.15, -0.1) is 0 Å². The molecule has 0 heterocycles. The van der Waals surface area contributed by atoms with E-state index in [9.17, 15) is 0 Å². The minimum Gasteiger partial charge on any atom is -0.0778 e. The molecule has 0 saturated heterocycles. The highest BCUT2D eigenvalue weighted by atomic mass is 35.9. The Bertz CT molecular complexity index is 126. The van der Waals surface area contributed by atoms with Gasteiger partial charge in [-0.2, -0.15) is 0 Å². The average Bonchev–Trinajstić information content (AvgIpc) is 2.04.